The second-order valence-corrected chi connectivity index (χ2v) is 8.83. The van der Waals surface area contributed by atoms with E-state index in [0.717, 1.165) is 31.7 Å². The van der Waals surface area contributed by atoms with Crippen molar-refractivity contribution < 1.29 is 4.79 Å². The first-order valence-corrected chi connectivity index (χ1v) is 10.6. The van der Waals surface area contributed by atoms with Crippen molar-refractivity contribution in [3.63, 3.8) is 0 Å². The van der Waals surface area contributed by atoms with E-state index in [1.807, 2.05) is 12.3 Å². The largest absolute Gasteiger partial charge is 0.369 e. The molecule has 3 atom stereocenters. The molecule has 0 radical (unpaired) electrons. The standard InChI is InChI=1S/C23H32N4O/c1-16-8-9-21(19-7-4-10-24-23(16)19)27-13-17(2)20(15-27)25-22(28)12-18-6-5-11-26(3)14-18/h4,7-10,17-18,20H,5-6,11-15H2,1-3H3,(H,25,28)/t17-,18+,20+/m1/s1. The highest BCUT2D eigenvalue weighted by atomic mass is 16.1. The monoisotopic (exact) mass is 380 g/mol. The summed E-state index contributed by atoms with van der Waals surface area (Å²) in [5.74, 6) is 1.15. The number of piperidine rings is 1. The van der Waals surface area contributed by atoms with Crippen LogP contribution in [0.4, 0.5) is 5.69 Å². The molecular formula is C23H32N4O. The summed E-state index contributed by atoms with van der Waals surface area (Å²) < 4.78 is 0. The molecule has 1 aromatic heterocycles. The van der Waals surface area contributed by atoms with Gasteiger partial charge < -0.3 is 15.1 Å². The lowest BCUT2D eigenvalue weighted by Crippen LogP contribution is -2.42. The van der Waals surface area contributed by atoms with Crippen LogP contribution < -0.4 is 10.2 Å². The molecule has 2 saturated heterocycles. The summed E-state index contributed by atoms with van der Waals surface area (Å²) in [6.07, 6.45) is 4.89. The predicted octanol–water partition coefficient (Wildman–Crippen LogP) is 3.22. The summed E-state index contributed by atoms with van der Waals surface area (Å²) in [6, 6.07) is 8.72. The van der Waals surface area contributed by atoms with Crippen LogP contribution in [-0.4, -0.2) is 55.1 Å². The number of hydrogen-bond acceptors (Lipinski definition) is 4. The highest BCUT2D eigenvalue weighted by Crippen LogP contribution is 2.32. The lowest BCUT2D eigenvalue weighted by molar-refractivity contribution is -0.123. The normalized spacial score (nSPS) is 26.0. The second kappa shape index (κ2) is 8.08. The van der Waals surface area contributed by atoms with Crippen molar-refractivity contribution in [2.45, 2.75) is 39.2 Å². The topological polar surface area (TPSA) is 48.5 Å². The summed E-state index contributed by atoms with van der Waals surface area (Å²) in [5, 5.41) is 4.54. The van der Waals surface area contributed by atoms with Crippen molar-refractivity contribution in [3.8, 4) is 0 Å². The maximum Gasteiger partial charge on any atom is 0.220 e. The lowest BCUT2D eigenvalue weighted by Gasteiger charge is -2.29. The lowest BCUT2D eigenvalue weighted by atomic mass is 9.94. The van der Waals surface area contributed by atoms with Crippen molar-refractivity contribution in [2.24, 2.45) is 11.8 Å². The number of pyridine rings is 1. The molecule has 150 valence electrons. The number of carbonyl (C=O) groups excluding carboxylic acids is 1. The molecule has 2 aliphatic heterocycles. The van der Waals surface area contributed by atoms with E-state index >= 15 is 0 Å². The average molecular weight is 381 g/mol. The maximum atomic E-state index is 12.7. The van der Waals surface area contributed by atoms with E-state index in [0.29, 0.717) is 18.3 Å². The smallest absolute Gasteiger partial charge is 0.220 e. The molecule has 2 aromatic rings. The molecule has 2 aliphatic rings. The number of carbonyl (C=O) groups is 1. The minimum atomic E-state index is 0.210. The van der Waals surface area contributed by atoms with Gasteiger partial charge in [0.15, 0.2) is 0 Å². The molecule has 4 rings (SSSR count). The van der Waals surface area contributed by atoms with Crippen LogP contribution in [0.3, 0.4) is 0 Å². The van der Waals surface area contributed by atoms with Crippen molar-refractivity contribution in [3.05, 3.63) is 36.0 Å². The highest BCUT2D eigenvalue weighted by molar-refractivity contribution is 5.94. The molecule has 1 aromatic carbocycles. The van der Waals surface area contributed by atoms with Gasteiger partial charge in [-0.2, -0.15) is 0 Å². The average Bonchev–Trinajstić information content (AvgIpc) is 3.02. The van der Waals surface area contributed by atoms with Gasteiger partial charge in [-0.3, -0.25) is 9.78 Å². The van der Waals surface area contributed by atoms with Gasteiger partial charge in [0, 0.05) is 43.3 Å². The van der Waals surface area contributed by atoms with Crippen LogP contribution in [0.15, 0.2) is 30.5 Å². The van der Waals surface area contributed by atoms with Crippen LogP contribution >= 0.6 is 0 Å². The zero-order valence-electron chi connectivity index (χ0n) is 17.3. The fourth-order valence-corrected chi connectivity index (χ4v) is 4.89. The highest BCUT2D eigenvalue weighted by Gasteiger charge is 2.32. The number of anilines is 1. The number of rotatable bonds is 4. The first kappa shape index (κ1) is 19.2. The van der Waals surface area contributed by atoms with E-state index in [1.165, 1.54) is 29.5 Å². The van der Waals surface area contributed by atoms with E-state index in [9.17, 15) is 4.79 Å². The number of aromatic nitrogens is 1. The summed E-state index contributed by atoms with van der Waals surface area (Å²) in [5.41, 5.74) is 3.50. The summed E-state index contributed by atoms with van der Waals surface area (Å²) in [6.45, 7) is 8.38. The van der Waals surface area contributed by atoms with E-state index in [2.05, 4.69) is 59.2 Å². The Labute approximate surface area is 168 Å². The van der Waals surface area contributed by atoms with Gasteiger partial charge >= 0.3 is 0 Å². The molecule has 0 spiro atoms. The molecule has 28 heavy (non-hydrogen) atoms. The Hall–Kier alpha value is -2.14. The third-order valence-electron chi connectivity index (χ3n) is 6.44. The Bertz CT molecular complexity index is 852. The molecule has 3 heterocycles. The first-order valence-electron chi connectivity index (χ1n) is 10.6. The van der Waals surface area contributed by atoms with Crippen LogP contribution in [0.2, 0.25) is 0 Å². The minimum absolute atomic E-state index is 0.210. The van der Waals surface area contributed by atoms with E-state index in [-0.39, 0.29) is 11.9 Å². The Morgan fingerprint density at radius 2 is 2.11 bits per heavy atom. The number of nitrogens with one attached hydrogen (secondary N) is 1. The third-order valence-corrected chi connectivity index (χ3v) is 6.44. The van der Waals surface area contributed by atoms with E-state index in [4.69, 9.17) is 0 Å². The predicted molar refractivity (Wildman–Crippen MR) is 115 cm³/mol. The van der Waals surface area contributed by atoms with Crippen molar-refractivity contribution in [2.75, 3.05) is 38.1 Å². The summed E-state index contributed by atoms with van der Waals surface area (Å²) in [7, 11) is 2.15. The molecule has 0 unspecified atom stereocenters. The number of likely N-dealkylation sites (tertiary alicyclic amines) is 1. The van der Waals surface area contributed by atoms with Gasteiger partial charge in [0.2, 0.25) is 5.91 Å². The maximum absolute atomic E-state index is 12.7. The van der Waals surface area contributed by atoms with Crippen molar-refractivity contribution >= 4 is 22.5 Å². The quantitative estimate of drug-likeness (QED) is 0.885. The van der Waals surface area contributed by atoms with E-state index in [1.54, 1.807) is 0 Å². The Morgan fingerprint density at radius 1 is 1.25 bits per heavy atom. The number of nitrogens with zero attached hydrogens (tertiary/aromatic N) is 3. The Balaban J connectivity index is 1.42. The van der Waals surface area contributed by atoms with Crippen LogP contribution in [-0.2, 0) is 4.79 Å². The fourth-order valence-electron chi connectivity index (χ4n) is 4.89. The fraction of sp³-hybridized carbons (Fsp3) is 0.565. The van der Waals surface area contributed by atoms with Crippen LogP contribution in [0.5, 0.6) is 0 Å². The molecule has 0 bridgehead atoms. The number of aryl methyl sites for hydroxylation is 1. The zero-order valence-corrected chi connectivity index (χ0v) is 17.3. The Kier molecular flexibility index (Phi) is 5.54. The van der Waals surface area contributed by atoms with Gasteiger partial charge in [0.1, 0.15) is 0 Å². The van der Waals surface area contributed by atoms with E-state index < -0.39 is 0 Å². The minimum Gasteiger partial charge on any atom is -0.369 e. The van der Waals surface area contributed by atoms with Crippen molar-refractivity contribution in [1.29, 1.82) is 0 Å². The van der Waals surface area contributed by atoms with Gasteiger partial charge in [-0.1, -0.05) is 13.0 Å². The molecule has 5 nitrogen and oxygen atoms in total. The van der Waals surface area contributed by atoms with Gasteiger partial charge in [-0.05, 0) is 69.0 Å². The molecule has 1 N–H and O–H groups in total. The first-order chi connectivity index (χ1) is 13.5. The molecular weight excluding hydrogens is 348 g/mol. The van der Waals surface area contributed by atoms with Gasteiger partial charge in [-0.15, -0.1) is 0 Å². The third kappa shape index (κ3) is 4.00. The molecule has 1 amide bonds. The Morgan fingerprint density at radius 3 is 2.93 bits per heavy atom. The van der Waals surface area contributed by atoms with Gasteiger partial charge in [-0.25, -0.2) is 0 Å². The van der Waals surface area contributed by atoms with Crippen LogP contribution in [0.1, 0.15) is 31.7 Å². The molecule has 5 heteroatoms. The second-order valence-electron chi connectivity index (χ2n) is 8.83. The number of fused-ring (bicyclic) bond motifs is 1. The number of benzene rings is 1. The molecule has 0 saturated carbocycles. The van der Waals surface area contributed by atoms with Gasteiger partial charge in [0.05, 0.1) is 11.6 Å². The molecule has 2 fully saturated rings. The number of hydrogen-bond donors (Lipinski definition) is 1. The summed E-state index contributed by atoms with van der Waals surface area (Å²) >= 11 is 0. The van der Waals surface area contributed by atoms with Crippen LogP contribution in [0.25, 0.3) is 10.9 Å². The van der Waals surface area contributed by atoms with Gasteiger partial charge in [0.25, 0.3) is 0 Å². The van der Waals surface area contributed by atoms with Crippen LogP contribution in [0, 0.1) is 18.8 Å². The van der Waals surface area contributed by atoms with Crippen molar-refractivity contribution in [1.82, 2.24) is 15.2 Å². The summed E-state index contributed by atoms with van der Waals surface area (Å²) in [4.78, 5) is 22.0. The molecule has 0 aliphatic carbocycles. The zero-order chi connectivity index (χ0) is 19.7. The SMILES string of the molecule is Cc1ccc(N2C[C@@H](C)[C@@H](NC(=O)C[C@@H]3CCCN(C)C3)C2)c2cccnc12. The number of amides is 1.